The van der Waals surface area contributed by atoms with E-state index in [1.807, 2.05) is 49.0 Å². The van der Waals surface area contributed by atoms with Crippen molar-refractivity contribution in [1.82, 2.24) is 24.7 Å². The van der Waals surface area contributed by atoms with Crippen LogP contribution in [0.5, 0.6) is 0 Å². The molecule has 122 valence electrons. The van der Waals surface area contributed by atoms with Crippen LogP contribution in [0.15, 0.2) is 47.8 Å². The molecule has 3 aromatic rings. The molecule has 0 aliphatic carbocycles. The number of aryl methyl sites for hydroxylation is 1. The van der Waals surface area contributed by atoms with Crippen LogP contribution < -0.4 is 0 Å². The van der Waals surface area contributed by atoms with Gasteiger partial charge in [-0.1, -0.05) is 35.5 Å². The fraction of sp³-hybridized carbons (Fsp3) is 0.176. The van der Waals surface area contributed by atoms with E-state index in [9.17, 15) is 0 Å². The topological polar surface area (TPSA) is 69.6 Å². The number of hydrogen-bond acceptors (Lipinski definition) is 5. The number of hydrogen-bond donors (Lipinski definition) is 0. The number of rotatable bonds is 5. The van der Waals surface area contributed by atoms with Gasteiger partial charge in [0, 0.05) is 31.4 Å². The van der Waals surface area contributed by atoms with Gasteiger partial charge in [0.05, 0.1) is 0 Å². The summed E-state index contributed by atoms with van der Waals surface area (Å²) in [5, 5.41) is 4.40. The molecule has 0 spiro atoms. The molecule has 0 unspecified atom stereocenters. The van der Waals surface area contributed by atoms with Crippen molar-refractivity contribution in [3.63, 3.8) is 0 Å². The maximum absolute atomic E-state index is 5.92. The first kappa shape index (κ1) is 16.1. The highest BCUT2D eigenvalue weighted by Crippen LogP contribution is 2.20. The summed E-state index contributed by atoms with van der Waals surface area (Å²) in [5.41, 5.74) is 2.35. The second-order valence-corrected chi connectivity index (χ2v) is 5.65. The lowest BCUT2D eigenvalue weighted by atomic mass is 10.2. The Morgan fingerprint density at radius 3 is 3.00 bits per heavy atom. The summed E-state index contributed by atoms with van der Waals surface area (Å²) in [6, 6.07) is 3.73. The van der Waals surface area contributed by atoms with E-state index in [1.54, 1.807) is 6.20 Å². The van der Waals surface area contributed by atoms with E-state index in [-0.39, 0.29) is 0 Å². The smallest absolute Gasteiger partial charge is 0.278 e. The Hall–Kier alpha value is -2.73. The maximum Gasteiger partial charge on any atom is 0.278 e. The molecule has 6 nitrogen and oxygen atoms in total. The Balaban J connectivity index is 1.85. The minimum atomic E-state index is 0.366. The molecule has 24 heavy (non-hydrogen) atoms. The molecule has 0 aromatic carbocycles. The van der Waals surface area contributed by atoms with Gasteiger partial charge >= 0.3 is 0 Å². The van der Waals surface area contributed by atoms with Crippen LogP contribution >= 0.6 is 11.6 Å². The van der Waals surface area contributed by atoms with Crippen LogP contribution in [0.1, 0.15) is 24.1 Å². The first-order chi connectivity index (χ1) is 11.6. The van der Waals surface area contributed by atoms with E-state index < -0.39 is 0 Å². The molecule has 3 heterocycles. The largest absolute Gasteiger partial charge is 0.337 e. The highest BCUT2D eigenvalue weighted by atomic mass is 35.5. The molecule has 0 aliphatic rings. The van der Waals surface area contributed by atoms with Gasteiger partial charge in [0.25, 0.3) is 5.89 Å². The third-order valence-corrected chi connectivity index (χ3v) is 3.63. The highest BCUT2D eigenvalue weighted by Gasteiger charge is 2.15. The fourth-order valence-electron chi connectivity index (χ4n) is 2.24. The second kappa shape index (κ2) is 6.80. The van der Waals surface area contributed by atoms with Crippen LogP contribution in [0.2, 0.25) is 5.15 Å². The van der Waals surface area contributed by atoms with E-state index in [1.165, 1.54) is 0 Å². The van der Waals surface area contributed by atoms with Crippen LogP contribution in [0.4, 0.5) is 0 Å². The number of pyridine rings is 1. The van der Waals surface area contributed by atoms with Crippen molar-refractivity contribution in [3.05, 3.63) is 65.6 Å². The molecular weight excluding hydrogens is 326 g/mol. The van der Waals surface area contributed by atoms with Gasteiger partial charge in [-0.05, 0) is 24.6 Å². The molecule has 7 heteroatoms. The minimum absolute atomic E-state index is 0.366. The zero-order valence-corrected chi connectivity index (χ0v) is 14.2. The van der Waals surface area contributed by atoms with E-state index in [2.05, 4.69) is 26.7 Å². The average Bonchev–Trinajstić information content (AvgIpc) is 3.15. The Kier molecular flexibility index (Phi) is 4.57. The monoisotopic (exact) mass is 341 g/mol. The van der Waals surface area contributed by atoms with E-state index in [0.717, 1.165) is 11.4 Å². The molecule has 0 saturated heterocycles. The molecule has 0 bridgehead atoms. The standard InChI is InChI=1S/C17H16ClN5O/c1-4-5-11(2)16-21-17(24-22-16)13-10-23(3)15(20-13)9-12-6-7-19-14(18)8-12/h4-8,10H,2,9H2,1,3H3/b5-4-. The SMILES string of the molecule is C=C(/C=C\C)c1noc(-c2cn(C)c(Cc3ccnc(Cl)c3)n2)n1. The summed E-state index contributed by atoms with van der Waals surface area (Å²) in [6.45, 7) is 5.80. The van der Waals surface area contributed by atoms with E-state index in [0.29, 0.717) is 34.6 Å². The normalized spacial score (nSPS) is 11.3. The van der Waals surface area contributed by atoms with Gasteiger partial charge in [-0.25, -0.2) is 9.97 Å². The first-order valence-electron chi connectivity index (χ1n) is 7.35. The molecule has 0 amide bonds. The van der Waals surface area contributed by atoms with E-state index in [4.69, 9.17) is 16.1 Å². The lowest BCUT2D eigenvalue weighted by Gasteiger charge is -2.01. The number of halogens is 1. The fourth-order valence-corrected chi connectivity index (χ4v) is 2.44. The van der Waals surface area contributed by atoms with Gasteiger partial charge in [0.1, 0.15) is 16.7 Å². The summed E-state index contributed by atoms with van der Waals surface area (Å²) in [5.74, 6) is 1.68. The van der Waals surface area contributed by atoms with Crippen LogP contribution in [0.3, 0.4) is 0 Å². The third kappa shape index (κ3) is 3.44. The van der Waals surface area contributed by atoms with Gasteiger partial charge in [-0.2, -0.15) is 4.98 Å². The zero-order chi connectivity index (χ0) is 17.1. The maximum atomic E-state index is 5.92. The first-order valence-corrected chi connectivity index (χ1v) is 7.73. The summed E-state index contributed by atoms with van der Waals surface area (Å²) < 4.78 is 7.22. The van der Waals surface area contributed by atoms with Crippen molar-refractivity contribution in [3.8, 4) is 11.6 Å². The van der Waals surface area contributed by atoms with Crippen molar-refractivity contribution >= 4 is 17.2 Å². The van der Waals surface area contributed by atoms with Gasteiger partial charge in [-0.3, -0.25) is 0 Å². The highest BCUT2D eigenvalue weighted by molar-refractivity contribution is 6.29. The minimum Gasteiger partial charge on any atom is -0.337 e. The molecule has 0 atom stereocenters. The molecule has 0 fully saturated rings. The van der Waals surface area contributed by atoms with Crippen molar-refractivity contribution in [1.29, 1.82) is 0 Å². The van der Waals surface area contributed by atoms with Gasteiger partial charge in [0.2, 0.25) is 5.82 Å². The van der Waals surface area contributed by atoms with Crippen LogP contribution in [-0.2, 0) is 13.5 Å². The van der Waals surface area contributed by atoms with Gasteiger partial charge in [-0.15, -0.1) is 0 Å². The van der Waals surface area contributed by atoms with Crippen molar-refractivity contribution in [2.24, 2.45) is 7.05 Å². The predicted octanol–water partition coefficient (Wildman–Crippen LogP) is 3.70. The Morgan fingerprint density at radius 1 is 1.42 bits per heavy atom. The molecule has 0 saturated carbocycles. The number of allylic oxidation sites excluding steroid dienone is 3. The number of nitrogens with zero attached hydrogens (tertiary/aromatic N) is 5. The molecule has 3 aromatic heterocycles. The van der Waals surface area contributed by atoms with Gasteiger partial charge < -0.3 is 9.09 Å². The molecule has 3 rings (SSSR count). The van der Waals surface area contributed by atoms with Crippen LogP contribution in [0.25, 0.3) is 17.2 Å². The van der Waals surface area contributed by atoms with Crippen molar-refractivity contribution < 1.29 is 4.52 Å². The quantitative estimate of drug-likeness (QED) is 0.522. The molecular formula is C17H16ClN5O. The summed E-state index contributed by atoms with van der Waals surface area (Å²) in [6.07, 6.45) is 7.86. The van der Waals surface area contributed by atoms with Crippen molar-refractivity contribution in [2.75, 3.05) is 0 Å². The van der Waals surface area contributed by atoms with Crippen LogP contribution in [-0.4, -0.2) is 24.7 Å². The number of aromatic nitrogens is 5. The Bertz CT molecular complexity index is 909. The molecule has 0 radical (unpaired) electrons. The summed E-state index contributed by atoms with van der Waals surface area (Å²) in [7, 11) is 1.92. The van der Waals surface area contributed by atoms with Gasteiger partial charge in [0.15, 0.2) is 0 Å². The summed E-state index contributed by atoms with van der Waals surface area (Å²) >= 11 is 5.92. The van der Waals surface area contributed by atoms with E-state index >= 15 is 0 Å². The second-order valence-electron chi connectivity index (χ2n) is 5.27. The lowest BCUT2D eigenvalue weighted by molar-refractivity contribution is 0.427. The van der Waals surface area contributed by atoms with Crippen molar-refractivity contribution in [2.45, 2.75) is 13.3 Å². The summed E-state index contributed by atoms with van der Waals surface area (Å²) in [4.78, 5) is 12.9. The van der Waals surface area contributed by atoms with Crippen LogP contribution in [0, 0.1) is 0 Å². The third-order valence-electron chi connectivity index (χ3n) is 3.43. The Labute approximate surface area is 144 Å². The molecule has 0 N–H and O–H groups in total. The zero-order valence-electron chi connectivity index (χ0n) is 13.4. The Morgan fingerprint density at radius 2 is 2.25 bits per heavy atom. The number of imidazole rings is 1. The predicted molar refractivity (Wildman–Crippen MR) is 92.4 cm³/mol. The molecule has 0 aliphatic heterocycles. The average molecular weight is 342 g/mol. The lowest BCUT2D eigenvalue weighted by Crippen LogP contribution is -1.98.